The van der Waals surface area contributed by atoms with E-state index < -0.39 is 22.8 Å². The molecule has 2 N–H and O–H groups in total. The number of anilines is 1. The summed E-state index contributed by atoms with van der Waals surface area (Å²) in [4.78, 5) is 24.3. The number of aryl methyl sites for hydroxylation is 1. The minimum atomic E-state index is -3.80. The number of amides is 3. The molecule has 0 saturated carbocycles. The number of carbonyl (C=O) groups excluding carboxylic acids is 2. The molecule has 0 bridgehead atoms. The second-order valence-electron chi connectivity index (χ2n) is 5.45. The molecule has 2 aromatic rings. The second-order valence-corrected chi connectivity index (χ2v) is 7.86. The quantitative estimate of drug-likeness (QED) is 0.387. The highest BCUT2D eigenvalue weighted by molar-refractivity contribution is 8.00. The van der Waals surface area contributed by atoms with Crippen LogP contribution >= 0.6 is 46.6 Å². The molecule has 0 heterocycles. The summed E-state index contributed by atoms with van der Waals surface area (Å²) in [6, 6.07) is 7.47. The average molecular weight is 472 g/mol. The summed E-state index contributed by atoms with van der Waals surface area (Å²) < 4.78 is 39.4. The molecule has 4 nitrogen and oxygen atoms in total. The summed E-state index contributed by atoms with van der Waals surface area (Å²) in [5.41, 5.74) is -2.24. The molecular formula is C17H12Cl3F3N2O2S. The Kier molecular flexibility index (Phi) is 7.50. The highest BCUT2D eigenvalue weighted by atomic mass is 35.5. The van der Waals surface area contributed by atoms with Gasteiger partial charge in [-0.3, -0.25) is 10.1 Å². The lowest BCUT2D eigenvalue weighted by Gasteiger charge is -2.16. The molecule has 0 aliphatic rings. The highest BCUT2D eigenvalue weighted by Crippen LogP contribution is 2.42. The molecule has 3 amide bonds. The maximum absolute atomic E-state index is 13.4. The van der Waals surface area contributed by atoms with E-state index in [1.807, 2.05) is 0 Å². The van der Waals surface area contributed by atoms with E-state index in [1.165, 1.54) is 37.3 Å². The SMILES string of the molecule is Cc1cc(SC(F)(F)C(F)Cl)ccc1NC(=O)NC(=O)c1c(Cl)cccc1Cl. The van der Waals surface area contributed by atoms with Crippen molar-refractivity contribution in [2.45, 2.75) is 22.7 Å². The van der Waals surface area contributed by atoms with Gasteiger partial charge < -0.3 is 5.32 Å². The molecule has 1 unspecified atom stereocenters. The van der Waals surface area contributed by atoms with E-state index in [0.717, 1.165) is 0 Å². The van der Waals surface area contributed by atoms with E-state index >= 15 is 0 Å². The molecule has 0 radical (unpaired) electrons. The number of halogens is 6. The first-order valence-corrected chi connectivity index (χ1v) is 9.54. The van der Waals surface area contributed by atoms with Gasteiger partial charge in [-0.25, -0.2) is 9.18 Å². The largest absolute Gasteiger partial charge is 0.342 e. The molecule has 0 fully saturated rings. The van der Waals surface area contributed by atoms with Crippen LogP contribution in [-0.2, 0) is 0 Å². The first kappa shape index (κ1) is 22.7. The zero-order valence-corrected chi connectivity index (χ0v) is 17.1. The van der Waals surface area contributed by atoms with E-state index in [9.17, 15) is 22.8 Å². The van der Waals surface area contributed by atoms with Crippen LogP contribution in [0.4, 0.5) is 23.7 Å². The monoisotopic (exact) mass is 470 g/mol. The van der Waals surface area contributed by atoms with Crippen molar-refractivity contribution in [3.8, 4) is 0 Å². The van der Waals surface area contributed by atoms with Crippen molar-refractivity contribution in [3.05, 3.63) is 57.6 Å². The van der Waals surface area contributed by atoms with Gasteiger partial charge in [0.25, 0.3) is 5.91 Å². The topological polar surface area (TPSA) is 58.2 Å². The number of rotatable bonds is 5. The van der Waals surface area contributed by atoms with Crippen LogP contribution in [0, 0.1) is 6.92 Å². The number of alkyl halides is 4. The Hall–Kier alpha value is -1.61. The Morgan fingerprint density at radius 3 is 2.29 bits per heavy atom. The Labute approximate surface area is 177 Å². The van der Waals surface area contributed by atoms with Gasteiger partial charge in [0.2, 0.25) is 5.63 Å². The van der Waals surface area contributed by atoms with Crippen LogP contribution in [-0.4, -0.2) is 22.8 Å². The van der Waals surface area contributed by atoms with Crippen molar-refractivity contribution in [2.24, 2.45) is 0 Å². The van der Waals surface area contributed by atoms with Crippen LogP contribution in [0.5, 0.6) is 0 Å². The number of thioether (sulfide) groups is 1. The molecule has 0 saturated heterocycles. The lowest BCUT2D eigenvalue weighted by molar-refractivity contribution is 0.0537. The third-order valence-electron chi connectivity index (χ3n) is 3.37. The number of hydrogen-bond donors (Lipinski definition) is 2. The van der Waals surface area contributed by atoms with E-state index in [0.29, 0.717) is 5.56 Å². The van der Waals surface area contributed by atoms with Crippen molar-refractivity contribution in [2.75, 3.05) is 5.32 Å². The van der Waals surface area contributed by atoms with E-state index in [1.54, 1.807) is 6.07 Å². The van der Waals surface area contributed by atoms with E-state index in [4.69, 9.17) is 34.8 Å². The molecule has 0 aliphatic carbocycles. The Bertz CT molecular complexity index is 893. The van der Waals surface area contributed by atoms with Crippen LogP contribution in [0.2, 0.25) is 10.0 Å². The van der Waals surface area contributed by atoms with Gasteiger partial charge >= 0.3 is 11.3 Å². The number of carbonyl (C=O) groups is 2. The number of urea groups is 1. The summed E-state index contributed by atoms with van der Waals surface area (Å²) in [6.07, 6.45) is 0. The Balaban J connectivity index is 2.07. The smallest absolute Gasteiger partial charge is 0.307 e. The molecule has 11 heteroatoms. The average Bonchev–Trinajstić information content (AvgIpc) is 2.56. The van der Waals surface area contributed by atoms with Gasteiger partial charge in [0.05, 0.1) is 15.6 Å². The molecule has 0 aromatic heterocycles. The fraction of sp³-hybridized carbons (Fsp3) is 0.176. The highest BCUT2D eigenvalue weighted by Gasteiger charge is 2.40. The minimum absolute atomic E-state index is 0.0452. The van der Waals surface area contributed by atoms with Crippen molar-refractivity contribution < 1.29 is 22.8 Å². The number of hydrogen-bond acceptors (Lipinski definition) is 3. The molecule has 2 rings (SSSR count). The molecule has 1 atom stereocenters. The lowest BCUT2D eigenvalue weighted by Crippen LogP contribution is -2.34. The first-order valence-electron chi connectivity index (χ1n) is 7.53. The molecule has 150 valence electrons. The maximum atomic E-state index is 13.4. The van der Waals surface area contributed by atoms with Crippen LogP contribution in [0.25, 0.3) is 0 Å². The standard InChI is InChI=1S/C17H12Cl3F3N2O2S/c1-8-7-9(28-17(22,23)15(20)21)5-6-12(8)24-16(27)25-14(26)13-10(18)3-2-4-11(13)19/h2-7,15H,1H3,(H2,24,25,26,27). The molecule has 0 aliphatic heterocycles. The van der Waals surface area contributed by atoms with Gasteiger partial charge in [-0.2, -0.15) is 8.78 Å². The zero-order chi connectivity index (χ0) is 21.1. The lowest BCUT2D eigenvalue weighted by atomic mass is 10.2. The third kappa shape index (κ3) is 5.70. The normalized spacial score (nSPS) is 12.4. The van der Waals surface area contributed by atoms with Crippen LogP contribution in [0.3, 0.4) is 0 Å². The summed E-state index contributed by atoms with van der Waals surface area (Å²) in [7, 11) is 0. The fourth-order valence-corrected chi connectivity index (χ4v) is 3.55. The van der Waals surface area contributed by atoms with Crippen LogP contribution < -0.4 is 10.6 Å². The van der Waals surface area contributed by atoms with Gasteiger partial charge in [0, 0.05) is 10.6 Å². The molecule has 2 aromatic carbocycles. The Morgan fingerprint density at radius 1 is 1.14 bits per heavy atom. The van der Waals surface area contributed by atoms with Crippen molar-refractivity contribution in [3.63, 3.8) is 0 Å². The zero-order valence-electron chi connectivity index (χ0n) is 14.0. The van der Waals surface area contributed by atoms with Crippen molar-refractivity contribution >= 4 is 64.2 Å². The van der Waals surface area contributed by atoms with Crippen molar-refractivity contribution in [1.29, 1.82) is 0 Å². The van der Waals surface area contributed by atoms with Gasteiger partial charge in [-0.05, 0) is 54.6 Å². The van der Waals surface area contributed by atoms with Crippen molar-refractivity contribution in [1.82, 2.24) is 5.32 Å². The van der Waals surface area contributed by atoms with E-state index in [2.05, 4.69) is 10.6 Å². The predicted octanol–water partition coefficient (Wildman–Crippen LogP) is 6.48. The van der Waals surface area contributed by atoms with E-state index in [-0.39, 0.29) is 38.0 Å². The molecule has 28 heavy (non-hydrogen) atoms. The predicted molar refractivity (Wildman–Crippen MR) is 106 cm³/mol. The summed E-state index contributed by atoms with van der Waals surface area (Å²) in [6.45, 7) is 1.54. The van der Waals surface area contributed by atoms with Gasteiger partial charge in [0.1, 0.15) is 0 Å². The summed E-state index contributed by atoms with van der Waals surface area (Å²) in [5, 5.41) is 0.817. The second kappa shape index (κ2) is 9.26. The first-order chi connectivity index (χ1) is 13.0. The van der Waals surface area contributed by atoms with Gasteiger partial charge in [-0.15, -0.1) is 0 Å². The maximum Gasteiger partial charge on any atom is 0.342 e. The summed E-state index contributed by atoms with van der Waals surface area (Å²) >= 11 is 16.6. The summed E-state index contributed by atoms with van der Waals surface area (Å²) in [5.74, 6) is -0.811. The number of nitrogens with one attached hydrogen (secondary N) is 2. The third-order valence-corrected chi connectivity index (χ3v) is 5.37. The Morgan fingerprint density at radius 2 is 1.75 bits per heavy atom. The van der Waals surface area contributed by atoms with Gasteiger partial charge in [0.15, 0.2) is 0 Å². The van der Waals surface area contributed by atoms with Gasteiger partial charge in [-0.1, -0.05) is 40.9 Å². The van der Waals surface area contributed by atoms with Crippen LogP contribution in [0.15, 0.2) is 41.3 Å². The number of benzene rings is 2. The fourth-order valence-electron chi connectivity index (χ4n) is 2.08. The molecule has 0 spiro atoms. The molecular weight excluding hydrogens is 460 g/mol. The minimum Gasteiger partial charge on any atom is -0.307 e. The number of imide groups is 1. The van der Waals surface area contributed by atoms with Crippen LogP contribution in [0.1, 0.15) is 15.9 Å².